The molecular weight excluding hydrogens is 222 g/mol. The normalized spacial score (nSPS) is 18.6. The lowest BCUT2D eigenvalue weighted by Gasteiger charge is -2.26. The van der Waals surface area contributed by atoms with E-state index in [-0.39, 0.29) is 12.4 Å². The summed E-state index contributed by atoms with van der Waals surface area (Å²) in [6.45, 7) is 5.28. The maximum atomic E-state index is 5.92. The van der Waals surface area contributed by atoms with Crippen LogP contribution in [0.5, 0.6) is 5.75 Å². The van der Waals surface area contributed by atoms with Gasteiger partial charge >= 0.3 is 0 Å². The Morgan fingerprint density at radius 2 is 2.12 bits per heavy atom. The van der Waals surface area contributed by atoms with Gasteiger partial charge in [0.1, 0.15) is 11.9 Å². The molecule has 1 heterocycles. The summed E-state index contributed by atoms with van der Waals surface area (Å²) in [7, 11) is 0. The van der Waals surface area contributed by atoms with Crippen LogP contribution >= 0.6 is 12.4 Å². The van der Waals surface area contributed by atoms with Crippen LogP contribution in [0.2, 0.25) is 0 Å². The molecule has 0 fully saturated rings. The molecule has 0 amide bonds. The summed E-state index contributed by atoms with van der Waals surface area (Å²) in [5.41, 5.74) is 1.35. The first-order chi connectivity index (χ1) is 7.25. The van der Waals surface area contributed by atoms with Gasteiger partial charge in [-0.25, -0.2) is 0 Å². The Hall–Kier alpha value is -0.730. The van der Waals surface area contributed by atoms with Gasteiger partial charge in [0, 0.05) is 12.6 Å². The van der Waals surface area contributed by atoms with Crippen molar-refractivity contribution in [3.8, 4) is 5.75 Å². The monoisotopic (exact) mass is 241 g/mol. The molecule has 0 saturated heterocycles. The highest BCUT2D eigenvalue weighted by atomic mass is 35.5. The zero-order valence-corrected chi connectivity index (χ0v) is 10.7. The quantitative estimate of drug-likeness (QED) is 0.879. The van der Waals surface area contributed by atoms with E-state index >= 15 is 0 Å². The molecule has 90 valence electrons. The van der Waals surface area contributed by atoms with Crippen LogP contribution in [0.4, 0.5) is 0 Å². The second-order valence-electron chi connectivity index (χ2n) is 4.45. The lowest BCUT2D eigenvalue weighted by atomic mass is 10.0. The molecule has 16 heavy (non-hydrogen) atoms. The van der Waals surface area contributed by atoms with Gasteiger partial charge in [-0.1, -0.05) is 32.0 Å². The van der Waals surface area contributed by atoms with E-state index in [1.807, 2.05) is 6.07 Å². The minimum absolute atomic E-state index is 0. The van der Waals surface area contributed by atoms with Gasteiger partial charge in [-0.2, -0.15) is 0 Å². The van der Waals surface area contributed by atoms with Crippen LogP contribution in [0.1, 0.15) is 25.8 Å². The fourth-order valence-corrected chi connectivity index (χ4v) is 1.89. The Balaban J connectivity index is 0.00000128. The largest absolute Gasteiger partial charge is 0.489 e. The van der Waals surface area contributed by atoms with Crippen molar-refractivity contribution < 1.29 is 4.74 Å². The van der Waals surface area contributed by atoms with Gasteiger partial charge < -0.3 is 10.1 Å². The number of para-hydroxylation sites is 1. The van der Waals surface area contributed by atoms with Crippen LogP contribution in [0.3, 0.4) is 0 Å². The number of fused-ring (bicyclic) bond motifs is 1. The molecule has 0 aromatic heterocycles. The van der Waals surface area contributed by atoms with E-state index in [4.69, 9.17) is 4.74 Å². The fourth-order valence-electron chi connectivity index (χ4n) is 1.89. The van der Waals surface area contributed by atoms with Crippen molar-refractivity contribution in [2.75, 3.05) is 6.54 Å². The Morgan fingerprint density at radius 3 is 2.88 bits per heavy atom. The lowest BCUT2D eigenvalue weighted by molar-refractivity contribution is 0.168. The Kier molecular flexibility index (Phi) is 5.10. The number of rotatable bonds is 3. The number of benzene rings is 1. The molecule has 1 aromatic carbocycles. The molecule has 2 nitrogen and oxygen atoms in total. The molecule has 1 atom stereocenters. The van der Waals surface area contributed by atoms with E-state index in [2.05, 4.69) is 37.4 Å². The zero-order valence-electron chi connectivity index (χ0n) is 9.90. The molecule has 0 saturated carbocycles. The van der Waals surface area contributed by atoms with Crippen LogP contribution in [0.15, 0.2) is 24.3 Å². The highest BCUT2D eigenvalue weighted by molar-refractivity contribution is 5.85. The van der Waals surface area contributed by atoms with Crippen LogP contribution in [-0.2, 0) is 6.42 Å². The smallest absolute Gasteiger partial charge is 0.122 e. The highest BCUT2D eigenvalue weighted by Crippen LogP contribution is 2.26. The van der Waals surface area contributed by atoms with Crippen molar-refractivity contribution in [1.29, 1.82) is 0 Å². The van der Waals surface area contributed by atoms with Gasteiger partial charge in [0.05, 0.1) is 0 Å². The maximum absolute atomic E-state index is 5.92. The second kappa shape index (κ2) is 6.12. The number of halogens is 1. The van der Waals surface area contributed by atoms with Crippen molar-refractivity contribution in [3.05, 3.63) is 29.8 Å². The Labute approximate surface area is 104 Å². The molecule has 0 unspecified atom stereocenters. The van der Waals surface area contributed by atoms with E-state index in [9.17, 15) is 0 Å². The topological polar surface area (TPSA) is 21.3 Å². The molecule has 0 aliphatic carbocycles. The van der Waals surface area contributed by atoms with Crippen molar-refractivity contribution in [2.24, 2.45) is 0 Å². The summed E-state index contributed by atoms with van der Waals surface area (Å²) in [5.74, 6) is 1.07. The average molecular weight is 242 g/mol. The van der Waals surface area contributed by atoms with Gasteiger partial charge in [-0.15, -0.1) is 12.4 Å². The standard InChI is InChI=1S/C13H19NO.ClH/c1-10(2)14-9-12-8-7-11-5-3-4-6-13(11)15-12;/h3-6,10,12,14H,7-9H2,1-2H3;1H/t12-;/m1./s1. The Morgan fingerprint density at radius 1 is 1.38 bits per heavy atom. The van der Waals surface area contributed by atoms with Crippen molar-refractivity contribution in [3.63, 3.8) is 0 Å². The van der Waals surface area contributed by atoms with Crippen molar-refractivity contribution in [1.82, 2.24) is 5.32 Å². The maximum Gasteiger partial charge on any atom is 0.122 e. The SMILES string of the molecule is CC(C)NC[C@H]1CCc2ccccc2O1.Cl. The van der Waals surface area contributed by atoms with Crippen LogP contribution in [0.25, 0.3) is 0 Å². The van der Waals surface area contributed by atoms with E-state index < -0.39 is 0 Å². The number of hydrogen-bond donors (Lipinski definition) is 1. The van der Waals surface area contributed by atoms with E-state index in [1.165, 1.54) is 5.56 Å². The van der Waals surface area contributed by atoms with Crippen LogP contribution < -0.4 is 10.1 Å². The van der Waals surface area contributed by atoms with Gasteiger partial charge in [0.2, 0.25) is 0 Å². The molecule has 1 aliphatic rings. The third-order valence-electron chi connectivity index (χ3n) is 2.76. The third kappa shape index (κ3) is 3.39. The summed E-state index contributed by atoms with van der Waals surface area (Å²) in [4.78, 5) is 0. The van der Waals surface area contributed by atoms with Crippen LogP contribution in [-0.4, -0.2) is 18.7 Å². The summed E-state index contributed by atoms with van der Waals surface area (Å²) >= 11 is 0. The van der Waals surface area contributed by atoms with Gasteiger partial charge in [0.15, 0.2) is 0 Å². The van der Waals surface area contributed by atoms with Crippen LogP contribution in [0, 0.1) is 0 Å². The number of hydrogen-bond acceptors (Lipinski definition) is 2. The van der Waals surface area contributed by atoms with Crippen molar-refractivity contribution in [2.45, 2.75) is 38.8 Å². The number of nitrogens with one attached hydrogen (secondary N) is 1. The Bertz CT molecular complexity index is 327. The molecule has 1 N–H and O–H groups in total. The minimum atomic E-state index is 0. The van der Waals surface area contributed by atoms with Crippen molar-refractivity contribution >= 4 is 12.4 Å². The number of aryl methyl sites for hydroxylation is 1. The van der Waals surface area contributed by atoms with Gasteiger partial charge in [-0.05, 0) is 24.5 Å². The second-order valence-corrected chi connectivity index (χ2v) is 4.45. The van der Waals surface area contributed by atoms with Gasteiger partial charge in [0.25, 0.3) is 0 Å². The third-order valence-corrected chi connectivity index (χ3v) is 2.76. The number of ether oxygens (including phenoxy) is 1. The molecular formula is C13H20ClNO. The predicted molar refractivity (Wildman–Crippen MR) is 69.6 cm³/mol. The summed E-state index contributed by atoms with van der Waals surface area (Å²) in [5, 5.41) is 3.42. The molecule has 0 spiro atoms. The first kappa shape index (κ1) is 13.3. The highest BCUT2D eigenvalue weighted by Gasteiger charge is 2.18. The zero-order chi connectivity index (χ0) is 10.7. The fraction of sp³-hybridized carbons (Fsp3) is 0.538. The summed E-state index contributed by atoms with van der Waals surface area (Å²) in [6.07, 6.45) is 2.60. The summed E-state index contributed by atoms with van der Waals surface area (Å²) in [6, 6.07) is 8.87. The minimum Gasteiger partial charge on any atom is -0.489 e. The molecule has 2 rings (SSSR count). The predicted octanol–water partition coefficient (Wildman–Crippen LogP) is 2.80. The molecule has 0 bridgehead atoms. The van der Waals surface area contributed by atoms with E-state index in [1.54, 1.807) is 0 Å². The molecule has 0 radical (unpaired) electrons. The first-order valence-corrected chi connectivity index (χ1v) is 5.73. The molecule has 3 heteroatoms. The van der Waals surface area contributed by atoms with E-state index in [0.717, 1.165) is 25.1 Å². The van der Waals surface area contributed by atoms with Gasteiger partial charge in [-0.3, -0.25) is 0 Å². The molecule has 1 aromatic rings. The average Bonchev–Trinajstić information content (AvgIpc) is 2.26. The summed E-state index contributed by atoms with van der Waals surface area (Å²) < 4.78 is 5.92. The molecule has 1 aliphatic heterocycles. The lowest BCUT2D eigenvalue weighted by Crippen LogP contribution is -2.37. The van der Waals surface area contributed by atoms with E-state index in [0.29, 0.717) is 12.1 Å². The first-order valence-electron chi connectivity index (χ1n) is 5.73.